The Kier molecular flexibility index (Phi) is 5.08. The van der Waals surface area contributed by atoms with Gasteiger partial charge in [0.05, 0.1) is 0 Å². The van der Waals surface area contributed by atoms with Crippen LogP contribution in [0.25, 0.3) is 0 Å². The fourth-order valence-electron chi connectivity index (χ4n) is 2.26. The predicted octanol–water partition coefficient (Wildman–Crippen LogP) is 2.95. The van der Waals surface area contributed by atoms with E-state index in [0.29, 0.717) is 16.6 Å². The maximum atomic E-state index is 12.1. The van der Waals surface area contributed by atoms with Gasteiger partial charge in [-0.1, -0.05) is 29.3 Å². The molecule has 5 heteroatoms. The average Bonchev–Trinajstić information content (AvgIpc) is 2.38. The van der Waals surface area contributed by atoms with E-state index in [2.05, 4.69) is 17.3 Å². The zero-order valence-electron chi connectivity index (χ0n) is 11.0. The second-order valence-corrected chi connectivity index (χ2v) is 5.87. The van der Waals surface area contributed by atoms with E-state index in [4.69, 9.17) is 23.2 Å². The molecule has 1 aromatic rings. The van der Waals surface area contributed by atoms with Crippen LogP contribution in [-0.4, -0.2) is 30.9 Å². The Hall–Kier alpha value is -0.770. The molecule has 19 heavy (non-hydrogen) atoms. The molecule has 1 amide bonds. The molecule has 1 aliphatic rings. The quantitative estimate of drug-likeness (QED) is 0.931. The molecule has 0 atom stereocenters. The van der Waals surface area contributed by atoms with E-state index < -0.39 is 0 Å². The summed E-state index contributed by atoms with van der Waals surface area (Å²) in [6.45, 7) is 2.43. The van der Waals surface area contributed by atoms with Crippen LogP contribution in [0.1, 0.15) is 18.4 Å². The summed E-state index contributed by atoms with van der Waals surface area (Å²) in [6.07, 6.45) is 1.85. The fraction of sp³-hybridized carbons (Fsp3) is 0.500. The number of rotatable bonds is 3. The molecule has 1 heterocycles. The number of hydrogen-bond acceptors (Lipinski definition) is 2. The Balaban J connectivity index is 1.86. The van der Waals surface area contributed by atoms with Crippen molar-refractivity contribution < 1.29 is 4.79 Å². The highest BCUT2D eigenvalue weighted by Crippen LogP contribution is 2.21. The van der Waals surface area contributed by atoms with E-state index in [1.165, 1.54) is 0 Å². The molecule has 1 fully saturated rings. The Bertz CT molecular complexity index is 457. The van der Waals surface area contributed by atoms with Crippen LogP contribution in [-0.2, 0) is 11.3 Å². The Morgan fingerprint density at radius 2 is 2.05 bits per heavy atom. The Morgan fingerprint density at radius 3 is 2.68 bits per heavy atom. The molecule has 0 saturated carbocycles. The van der Waals surface area contributed by atoms with Gasteiger partial charge in [-0.05, 0) is 50.7 Å². The number of carbonyl (C=O) groups excluding carboxylic acids is 1. The molecule has 0 bridgehead atoms. The standard InChI is InChI=1S/C14H18Cl2N2O/c1-18-6-4-10(5-7-18)14(19)17-9-11-2-3-12(15)8-13(11)16/h2-3,8,10H,4-7,9H2,1H3,(H,17,19). The summed E-state index contributed by atoms with van der Waals surface area (Å²) in [5.41, 5.74) is 0.896. The second-order valence-electron chi connectivity index (χ2n) is 5.03. The maximum absolute atomic E-state index is 12.1. The lowest BCUT2D eigenvalue weighted by molar-refractivity contribution is -0.126. The van der Waals surface area contributed by atoms with Crippen molar-refractivity contribution >= 4 is 29.1 Å². The zero-order valence-corrected chi connectivity index (χ0v) is 12.5. The van der Waals surface area contributed by atoms with Gasteiger partial charge in [-0.15, -0.1) is 0 Å². The topological polar surface area (TPSA) is 32.3 Å². The first-order valence-corrected chi connectivity index (χ1v) is 7.22. The van der Waals surface area contributed by atoms with Crippen molar-refractivity contribution in [1.29, 1.82) is 0 Å². The smallest absolute Gasteiger partial charge is 0.223 e. The van der Waals surface area contributed by atoms with Gasteiger partial charge >= 0.3 is 0 Å². The van der Waals surface area contributed by atoms with Gasteiger partial charge in [-0.3, -0.25) is 4.79 Å². The third-order valence-corrected chi connectivity index (χ3v) is 4.14. The molecule has 0 unspecified atom stereocenters. The summed E-state index contributed by atoms with van der Waals surface area (Å²) in [7, 11) is 2.08. The summed E-state index contributed by atoms with van der Waals surface area (Å²) in [5.74, 6) is 0.251. The summed E-state index contributed by atoms with van der Waals surface area (Å²) >= 11 is 11.9. The van der Waals surface area contributed by atoms with E-state index in [1.807, 2.05) is 6.07 Å². The van der Waals surface area contributed by atoms with Gasteiger partial charge < -0.3 is 10.2 Å². The first-order chi connectivity index (χ1) is 9.06. The molecule has 1 aromatic carbocycles. The first kappa shape index (κ1) is 14.6. The number of benzene rings is 1. The van der Waals surface area contributed by atoms with Crippen molar-refractivity contribution in [3.8, 4) is 0 Å². The Morgan fingerprint density at radius 1 is 1.37 bits per heavy atom. The third kappa shape index (κ3) is 4.10. The summed E-state index contributed by atoms with van der Waals surface area (Å²) in [5, 5.41) is 4.16. The van der Waals surface area contributed by atoms with E-state index in [1.54, 1.807) is 12.1 Å². The summed E-state index contributed by atoms with van der Waals surface area (Å²) in [6, 6.07) is 5.32. The average molecular weight is 301 g/mol. The molecule has 1 saturated heterocycles. The lowest BCUT2D eigenvalue weighted by Gasteiger charge is -2.28. The van der Waals surface area contributed by atoms with Crippen LogP contribution in [0.5, 0.6) is 0 Å². The maximum Gasteiger partial charge on any atom is 0.223 e. The zero-order chi connectivity index (χ0) is 13.8. The van der Waals surface area contributed by atoms with Crippen molar-refractivity contribution in [1.82, 2.24) is 10.2 Å². The van der Waals surface area contributed by atoms with Crippen molar-refractivity contribution in [2.75, 3.05) is 20.1 Å². The van der Waals surface area contributed by atoms with Crippen molar-refractivity contribution in [3.05, 3.63) is 33.8 Å². The number of likely N-dealkylation sites (tertiary alicyclic amines) is 1. The van der Waals surface area contributed by atoms with E-state index in [-0.39, 0.29) is 11.8 Å². The number of hydrogen-bond donors (Lipinski definition) is 1. The van der Waals surface area contributed by atoms with Gasteiger partial charge in [0, 0.05) is 22.5 Å². The minimum absolute atomic E-state index is 0.124. The van der Waals surface area contributed by atoms with Gasteiger partial charge in [0.1, 0.15) is 0 Å². The lowest BCUT2D eigenvalue weighted by Crippen LogP contribution is -2.38. The molecule has 1 N–H and O–H groups in total. The number of nitrogens with zero attached hydrogens (tertiary/aromatic N) is 1. The summed E-state index contributed by atoms with van der Waals surface area (Å²) < 4.78 is 0. The molecule has 0 spiro atoms. The van der Waals surface area contributed by atoms with Crippen LogP contribution in [0.3, 0.4) is 0 Å². The molecular formula is C14H18Cl2N2O. The number of amides is 1. The largest absolute Gasteiger partial charge is 0.352 e. The number of halogens is 2. The van der Waals surface area contributed by atoms with E-state index in [0.717, 1.165) is 31.5 Å². The van der Waals surface area contributed by atoms with Gasteiger partial charge in [-0.2, -0.15) is 0 Å². The highest BCUT2D eigenvalue weighted by molar-refractivity contribution is 6.35. The monoisotopic (exact) mass is 300 g/mol. The van der Waals surface area contributed by atoms with Crippen LogP contribution < -0.4 is 5.32 Å². The van der Waals surface area contributed by atoms with E-state index >= 15 is 0 Å². The normalized spacial score (nSPS) is 17.4. The van der Waals surface area contributed by atoms with Gasteiger partial charge in [0.15, 0.2) is 0 Å². The number of piperidine rings is 1. The van der Waals surface area contributed by atoms with Crippen LogP contribution in [0.4, 0.5) is 0 Å². The number of carbonyl (C=O) groups is 1. The highest BCUT2D eigenvalue weighted by atomic mass is 35.5. The van der Waals surface area contributed by atoms with Crippen LogP contribution in [0.2, 0.25) is 10.0 Å². The second kappa shape index (κ2) is 6.60. The van der Waals surface area contributed by atoms with Gasteiger partial charge in [0.2, 0.25) is 5.91 Å². The van der Waals surface area contributed by atoms with E-state index in [9.17, 15) is 4.79 Å². The molecule has 2 rings (SSSR count). The SMILES string of the molecule is CN1CCC(C(=O)NCc2ccc(Cl)cc2Cl)CC1. The van der Waals surface area contributed by atoms with Gasteiger partial charge in [0.25, 0.3) is 0 Å². The fourth-order valence-corrected chi connectivity index (χ4v) is 2.74. The molecule has 3 nitrogen and oxygen atoms in total. The molecular weight excluding hydrogens is 283 g/mol. The molecule has 1 aliphatic heterocycles. The molecule has 0 aliphatic carbocycles. The highest BCUT2D eigenvalue weighted by Gasteiger charge is 2.23. The van der Waals surface area contributed by atoms with Crippen molar-refractivity contribution in [3.63, 3.8) is 0 Å². The van der Waals surface area contributed by atoms with Crippen LogP contribution in [0.15, 0.2) is 18.2 Å². The number of nitrogens with one attached hydrogen (secondary N) is 1. The molecule has 104 valence electrons. The summed E-state index contributed by atoms with van der Waals surface area (Å²) in [4.78, 5) is 14.3. The first-order valence-electron chi connectivity index (χ1n) is 6.46. The minimum atomic E-state index is 0.124. The van der Waals surface area contributed by atoms with Crippen LogP contribution in [0, 0.1) is 5.92 Å². The predicted molar refractivity (Wildman–Crippen MR) is 78.5 cm³/mol. The minimum Gasteiger partial charge on any atom is -0.352 e. The van der Waals surface area contributed by atoms with Crippen molar-refractivity contribution in [2.45, 2.75) is 19.4 Å². The third-order valence-electron chi connectivity index (χ3n) is 3.56. The Labute approximate surface area is 123 Å². The van der Waals surface area contributed by atoms with Crippen molar-refractivity contribution in [2.24, 2.45) is 5.92 Å². The van der Waals surface area contributed by atoms with Gasteiger partial charge in [-0.25, -0.2) is 0 Å². The van der Waals surface area contributed by atoms with Crippen LogP contribution >= 0.6 is 23.2 Å². The lowest BCUT2D eigenvalue weighted by atomic mass is 9.96. The molecule has 0 radical (unpaired) electrons. The molecule has 0 aromatic heterocycles.